The summed E-state index contributed by atoms with van der Waals surface area (Å²) in [5, 5.41) is 7.72. The molecule has 1 saturated heterocycles. The molecule has 19 heavy (non-hydrogen) atoms. The summed E-state index contributed by atoms with van der Waals surface area (Å²) < 4.78 is 1.76. The van der Waals surface area contributed by atoms with Gasteiger partial charge >= 0.3 is 0 Å². The van der Waals surface area contributed by atoms with E-state index in [0.717, 1.165) is 18.1 Å². The Balaban J connectivity index is 1.66. The van der Waals surface area contributed by atoms with E-state index in [1.54, 1.807) is 10.9 Å². The lowest BCUT2D eigenvalue weighted by Gasteiger charge is -2.30. The number of pyridine rings is 1. The van der Waals surface area contributed by atoms with Crippen molar-refractivity contribution in [1.82, 2.24) is 19.7 Å². The van der Waals surface area contributed by atoms with Crippen LogP contribution < -0.4 is 5.32 Å². The standard InChI is InChI=1S/C14H19N5/c1-18-8-2-4-13(11-18)17-12-5-6-14(15-10-12)19-9-3-7-16-19/h3,5-7,9-10,13,17H,2,4,8,11H2,1H3. The van der Waals surface area contributed by atoms with Crippen LogP contribution in [0.5, 0.6) is 0 Å². The van der Waals surface area contributed by atoms with E-state index in [9.17, 15) is 0 Å². The first kappa shape index (κ1) is 12.2. The summed E-state index contributed by atoms with van der Waals surface area (Å²) in [5.41, 5.74) is 1.08. The van der Waals surface area contributed by atoms with E-state index in [-0.39, 0.29) is 0 Å². The third kappa shape index (κ3) is 2.93. The van der Waals surface area contributed by atoms with Crippen molar-refractivity contribution in [3.05, 3.63) is 36.8 Å². The minimum atomic E-state index is 0.524. The van der Waals surface area contributed by atoms with Crippen molar-refractivity contribution in [2.45, 2.75) is 18.9 Å². The molecular weight excluding hydrogens is 238 g/mol. The quantitative estimate of drug-likeness (QED) is 0.910. The zero-order chi connectivity index (χ0) is 13.1. The number of nitrogens with one attached hydrogen (secondary N) is 1. The average Bonchev–Trinajstić information content (AvgIpc) is 2.94. The lowest BCUT2D eigenvalue weighted by atomic mass is 10.1. The average molecular weight is 257 g/mol. The van der Waals surface area contributed by atoms with Gasteiger partial charge in [0.15, 0.2) is 5.82 Å². The van der Waals surface area contributed by atoms with Crippen LogP contribution in [0, 0.1) is 0 Å². The largest absolute Gasteiger partial charge is 0.380 e. The molecule has 0 radical (unpaired) electrons. The Bertz CT molecular complexity index is 505. The van der Waals surface area contributed by atoms with Gasteiger partial charge in [-0.2, -0.15) is 5.10 Å². The molecular formula is C14H19N5. The first-order chi connectivity index (χ1) is 9.31. The Morgan fingerprint density at radius 3 is 3.00 bits per heavy atom. The van der Waals surface area contributed by atoms with Crippen molar-refractivity contribution in [3.63, 3.8) is 0 Å². The van der Waals surface area contributed by atoms with E-state index >= 15 is 0 Å². The Kier molecular flexibility index (Phi) is 3.46. The van der Waals surface area contributed by atoms with Crippen molar-refractivity contribution in [1.29, 1.82) is 0 Å². The molecule has 0 bridgehead atoms. The van der Waals surface area contributed by atoms with Crippen LogP contribution in [0.2, 0.25) is 0 Å². The van der Waals surface area contributed by atoms with Gasteiger partial charge in [0.2, 0.25) is 0 Å². The van der Waals surface area contributed by atoms with Gasteiger partial charge in [-0.15, -0.1) is 0 Å². The van der Waals surface area contributed by atoms with Gasteiger partial charge in [-0.05, 0) is 44.6 Å². The first-order valence-corrected chi connectivity index (χ1v) is 6.72. The molecule has 0 saturated carbocycles. The van der Waals surface area contributed by atoms with Gasteiger partial charge < -0.3 is 10.2 Å². The van der Waals surface area contributed by atoms with Gasteiger partial charge in [0.25, 0.3) is 0 Å². The number of piperidine rings is 1. The zero-order valence-corrected chi connectivity index (χ0v) is 11.2. The Labute approximate surface area is 113 Å². The molecule has 3 rings (SSSR count). The number of aromatic nitrogens is 3. The highest BCUT2D eigenvalue weighted by Crippen LogP contribution is 2.15. The predicted molar refractivity (Wildman–Crippen MR) is 75.5 cm³/mol. The van der Waals surface area contributed by atoms with Gasteiger partial charge in [-0.1, -0.05) is 0 Å². The molecule has 5 nitrogen and oxygen atoms in total. The fourth-order valence-corrected chi connectivity index (χ4v) is 2.53. The SMILES string of the molecule is CN1CCCC(Nc2ccc(-n3cccn3)nc2)C1. The fraction of sp³-hybridized carbons (Fsp3) is 0.429. The highest BCUT2D eigenvalue weighted by atomic mass is 15.3. The van der Waals surface area contributed by atoms with Crippen LogP contribution in [0.3, 0.4) is 0 Å². The molecule has 5 heteroatoms. The molecule has 1 aliphatic heterocycles. The van der Waals surface area contributed by atoms with Crippen LogP contribution >= 0.6 is 0 Å². The summed E-state index contributed by atoms with van der Waals surface area (Å²) in [6.45, 7) is 2.30. The van der Waals surface area contributed by atoms with E-state index in [4.69, 9.17) is 0 Å². The van der Waals surface area contributed by atoms with E-state index in [1.165, 1.54) is 19.4 Å². The van der Waals surface area contributed by atoms with Crippen LogP contribution in [0.4, 0.5) is 5.69 Å². The van der Waals surface area contributed by atoms with Crippen LogP contribution in [0.25, 0.3) is 5.82 Å². The Morgan fingerprint density at radius 1 is 1.37 bits per heavy atom. The molecule has 1 fully saturated rings. The number of hydrogen-bond donors (Lipinski definition) is 1. The maximum atomic E-state index is 4.43. The topological polar surface area (TPSA) is 46.0 Å². The summed E-state index contributed by atoms with van der Waals surface area (Å²) in [4.78, 5) is 6.80. The van der Waals surface area contributed by atoms with Crippen LogP contribution in [-0.4, -0.2) is 45.8 Å². The van der Waals surface area contributed by atoms with Gasteiger partial charge in [0, 0.05) is 25.0 Å². The normalized spacial score (nSPS) is 20.4. The molecule has 3 heterocycles. The second-order valence-corrected chi connectivity index (χ2v) is 5.10. The van der Waals surface area contributed by atoms with E-state index in [0.29, 0.717) is 6.04 Å². The van der Waals surface area contributed by atoms with Crippen molar-refractivity contribution in [2.24, 2.45) is 0 Å². The number of hydrogen-bond acceptors (Lipinski definition) is 4. The van der Waals surface area contributed by atoms with Gasteiger partial charge in [0.1, 0.15) is 0 Å². The predicted octanol–water partition coefficient (Wildman–Crippen LogP) is 1.77. The molecule has 1 unspecified atom stereocenters. The van der Waals surface area contributed by atoms with Crippen molar-refractivity contribution in [2.75, 3.05) is 25.5 Å². The van der Waals surface area contributed by atoms with E-state index < -0.39 is 0 Å². The highest BCUT2D eigenvalue weighted by molar-refractivity contribution is 5.44. The van der Waals surface area contributed by atoms with Crippen molar-refractivity contribution >= 4 is 5.69 Å². The summed E-state index contributed by atoms with van der Waals surface area (Å²) >= 11 is 0. The van der Waals surface area contributed by atoms with Crippen molar-refractivity contribution < 1.29 is 0 Å². The second-order valence-electron chi connectivity index (χ2n) is 5.10. The Hall–Kier alpha value is -1.88. The van der Waals surface area contributed by atoms with E-state index in [2.05, 4.69) is 33.4 Å². The summed E-state index contributed by atoms with van der Waals surface area (Å²) in [6, 6.07) is 6.47. The number of rotatable bonds is 3. The molecule has 1 atom stereocenters. The molecule has 0 aliphatic carbocycles. The molecule has 0 amide bonds. The van der Waals surface area contributed by atoms with Gasteiger partial charge in [-0.3, -0.25) is 0 Å². The molecule has 100 valence electrons. The fourth-order valence-electron chi connectivity index (χ4n) is 2.53. The van der Waals surface area contributed by atoms with Gasteiger partial charge in [-0.25, -0.2) is 9.67 Å². The summed E-state index contributed by atoms with van der Waals surface area (Å²) in [6.07, 6.45) is 8.01. The third-order valence-electron chi connectivity index (χ3n) is 3.48. The summed E-state index contributed by atoms with van der Waals surface area (Å²) in [5.74, 6) is 0.844. The maximum absolute atomic E-state index is 4.43. The molecule has 2 aromatic heterocycles. The second kappa shape index (κ2) is 5.40. The highest BCUT2D eigenvalue weighted by Gasteiger charge is 2.16. The molecule has 1 aliphatic rings. The van der Waals surface area contributed by atoms with Crippen LogP contribution in [0.1, 0.15) is 12.8 Å². The Morgan fingerprint density at radius 2 is 2.32 bits per heavy atom. The lowest BCUT2D eigenvalue weighted by molar-refractivity contribution is 0.261. The maximum Gasteiger partial charge on any atom is 0.153 e. The molecule has 0 aromatic carbocycles. The molecule has 1 N–H and O–H groups in total. The molecule has 2 aromatic rings. The summed E-state index contributed by atoms with van der Waals surface area (Å²) in [7, 11) is 2.17. The number of nitrogens with zero attached hydrogens (tertiary/aromatic N) is 4. The zero-order valence-electron chi connectivity index (χ0n) is 11.2. The number of anilines is 1. The third-order valence-corrected chi connectivity index (χ3v) is 3.48. The van der Waals surface area contributed by atoms with Crippen LogP contribution in [-0.2, 0) is 0 Å². The lowest BCUT2D eigenvalue weighted by Crippen LogP contribution is -2.39. The minimum Gasteiger partial charge on any atom is -0.380 e. The monoisotopic (exact) mass is 257 g/mol. The first-order valence-electron chi connectivity index (χ1n) is 6.72. The molecule has 0 spiro atoms. The van der Waals surface area contributed by atoms with Crippen molar-refractivity contribution in [3.8, 4) is 5.82 Å². The minimum absolute atomic E-state index is 0.524. The smallest absolute Gasteiger partial charge is 0.153 e. The number of likely N-dealkylation sites (tertiary alicyclic amines) is 1. The van der Waals surface area contributed by atoms with E-state index in [1.807, 2.05) is 24.5 Å². The number of likely N-dealkylation sites (N-methyl/N-ethyl adjacent to an activating group) is 1. The van der Waals surface area contributed by atoms with Crippen LogP contribution in [0.15, 0.2) is 36.8 Å². The van der Waals surface area contributed by atoms with Gasteiger partial charge in [0.05, 0.1) is 11.9 Å².